The van der Waals surface area contributed by atoms with Gasteiger partial charge in [-0.25, -0.2) is 14.4 Å². The van der Waals surface area contributed by atoms with E-state index in [0.29, 0.717) is 5.69 Å². The molecule has 2 aromatic heterocycles. The third-order valence-corrected chi connectivity index (χ3v) is 4.04. The average Bonchev–Trinajstić information content (AvgIpc) is 2.91. The first-order chi connectivity index (χ1) is 11.7. The first-order valence-corrected chi connectivity index (χ1v) is 7.58. The maximum absolute atomic E-state index is 13.9. The van der Waals surface area contributed by atoms with Crippen molar-refractivity contribution in [3.8, 4) is 0 Å². The predicted molar refractivity (Wildman–Crippen MR) is 83.4 cm³/mol. The van der Waals surface area contributed by atoms with Crippen molar-refractivity contribution in [2.45, 2.75) is 32.2 Å². The van der Waals surface area contributed by atoms with Crippen molar-refractivity contribution >= 4 is 11.2 Å². The van der Waals surface area contributed by atoms with Gasteiger partial charge in [0.15, 0.2) is 11.5 Å². The fraction of sp³-hybridized carbons (Fsp3) is 0.294. The molecule has 0 aliphatic carbocycles. The summed E-state index contributed by atoms with van der Waals surface area (Å²) in [6, 6.07) is 6.72. The Morgan fingerprint density at radius 3 is 2.24 bits per heavy atom. The summed E-state index contributed by atoms with van der Waals surface area (Å²) in [4.78, 5) is 8.23. The van der Waals surface area contributed by atoms with E-state index in [0.717, 1.165) is 24.3 Å². The minimum atomic E-state index is -5.06. The largest absolute Gasteiger partial charge is 0.428 e. The topological polar surface area (TPSA) is 50.9 Å². The summed E-state index contributed by atoms with van der Waals surface area (Å²) in [7, 11) is 0. The summed E-state index contributed by atoms with van der Waals surface area (Å²) in [5, 5.41) is 10.7. The van der Waals surface area contributed by atoms with Crippen LogP contribution >= 0.6 is 0 Å². The molecule has 0 saturated carbocycles. The Morgan fingerprint density at radius 1 is 1.04 bits per heavy atom. The van der Waals surface area contributed by atoms with Gasteiger partial charge in [0.1, 0.15) is 11.3 Å². The van der Waals surface area contributed by atoms with Gasteiger partial charge in [-0.1, -0.05) is 12.1 Å². The number of hydrogen-bond acceptors (Lipinski definition) is 3. The molecule has 0 amide bonds. The van der Waals surface area contributed by atoms with Gasteiger partial charge in [0.2, 0.25) is 5.60 Å². The molecule has 0 aliphatic heterocycles. The molecule has 2 heterocycles. The smallest absolute Gasteiger partial charge is 0.370 e. The van der Waals surface area contributed by atoms with Gasteiger partial charge in [0.05, 0.1) is 0 Å². The molecule has 1 N–H and O–H groups in total. The van der Waals surface area contributed by atoms with Crippen molar-refractivity contribution < 1.29 is 22.7 Å². The molecule has 3 rings (SSSR count). The summed E-state index contributed by atoms with van der Waals surface area (Å²) in [6.07, 6.45) is -5.06. The molecule has 25 heavy (non-hydrogen) atoms. The number of aryl methyl sites for hydroxylation is 2. The molecule has 1 unspecified atom stereocenters. The fourth-order valence-electron chi connectivity index (χ4n) is 2.78. The Morgan fingerprint density at radius 2 is 1.68 bits per heavy atom. The molecule has 0 fully saturated rings. The van der Waals surface area contributed by atoms with Gasteiger partial charge in [-0.15, -0.1) is 0 Å². The van der Waals surface area contributed by atoms with Crippen molar-refractivity contribution in [1.29, 1.82) is 0 Å². The highest BCUT2D eigenvalue weighted by molar-refractivity contribution is 5.72. The molecule has 0 radical (unpaired) electrons. The third-order valence-electron chi connectivity index (χ3n) is 4.04. The van der Waals surface area contributed by atoms with E-state index in [1.54, 1.807) is 26.0 Å². The van der Waals surface area contributed by atoms with Crippen LogP contribution in [0.5, 0.6) is 0 Å². The van der Waals surface area contributed by atoms with Crippen molar-refractivity contribution in [2.75, 3.05) is 0 Å². The number of aliphatic hydroxyl groups is 1. The van der Waals surface area contributed by atoms with Crippen LogP contribution in [0.15, 0.2) is 36.4 Å². The van der Waals surface area contributed by atoms with Gasteiger partial charge in [-0.2, -0.15) is 13.2 Å². The summed E-state index contributed by atoms with van der Waals surface area (Å²) >= 11 is 0. The number of pyridine rings is 1. The number of imidazole rings is 1. The van der Waals surface area contributed by atoms with Crippen LogP contribution in [0.4, 0.5) is 17.6 Å². The second-order valence-electron chi connectivity index (χ2n) is 5.69. The summed E-state index contributed by atoms with van der Waals surface area (Å²) < 4.78 is 56.0. The van der Waals surface area contributed by atoms with Gasteiger partial charge in [-0.3, -0.25) is 0 Å². The molecule has 1 atom stereocenters. The van der Waals surface area contributed by atoms with E-state index in [9.17, 15) is 22.7 Å². The molecule has 0 saturated heterocycles. The molecule has 4 nitrogen and oxygen atoms in total. The Hall–Kier alpha value is -2.48. The quantitative estimate of drug-likeness (QED) is 0.731. The number of halogens is 4. The highest BCUT2D eigenvalue weighted by Crippen LogP contribution is 2.44. The Bertz CT molecular complexity index is 918. The maximum Gasteiger partial charge on any atom is 0.428 e. The van der Waals surface area contributed by atoms with Crippen LogP contribution in [0, 0.1) is 12.7 Å². The lowest BCUT2D eigenvalue weighted by molar-refractivity contribution is -0.252. The first kappa shape index (κ1) is 17.3. The van der Waals surface area contributed by atoms with Crippen LogP contribution in [0.25, 0.3) is 11.2 Å². The third kappa shape index (κ3) is 2.66. The number of aromatic nitrogens is 3. The second kappa shape index (κ2) is 5.80. The van der Waals surface area contributed by atoms with Crippen LogP contribution < -0.4 is 0 Å². The summed E-state index contributed by atoms with van der Waals surface area (Å²) in [6.45, 7) is 3.47. The average molecular weight is 353 g/mol. The van der Waals surface area contributed by atoms with E-state index in [-0.39, 0.29) is 17.7 Å². The number of fused-ring (bicyclic) bond motifs is 1. The summed E-state index contributed by atoms with van der Waals surface area (Å²) in [5.74, 6) is -1.29. The van der Waals surface area contributed by atoms with E-state index in [4.69, 9.17) is 0 Å². The molecular weight excluding hydrogens is 338 g/mol. The SMILES string of the molecule is CCn1c(C(O)(c2ccc(F)cc2)C(F)(F)F)nc2ccc(C)nc21. The van der Waals surface area contributed by atoms with Crippen LogP contribution in [-0.2, 0) is 12.1 Å². The molecule has 1 aromatic carbocycles. The Kier molecular flexibility index (Phi) is 4.03. The number of alkyl halides is 3. The monoisotopic (exact) mass is 353 g/mol. The predicted octanol–water partition coefficient (Wildman–Crippen LogP) is 3.70. The van der Waals surface area contributed by atoms with E-state index >= 15 is 0 Å². The first-order valence-electron chi connectivity index (χ1n) is 7.58. The zero-order chi connectivity index (χ0) is 18.4. The highest BCUT2D eigenvalue weighted by Gasteiger charge is 2.59. The van der Waals surface area contributed by atoms with Crippen LogP contribution in [0.2, 0.25) is 0 Å². The van der Waals surface area contributed by atoms with Gasteiger partial charge in [0.25, 0.3) is 0 Å². The molecule has 132 valence electrons. The molecule has 0 aliphatic rings. The van der Waals surface area contributed by atoms with Gasteiger partial charge >= 0.3 is 6.18 Å². The highest BCUT2D eigenvalue weighted by atomic mass is 19.4. The zero-order valence-corrected chi connectivity index (χ0v) is 13.5. The van der Waals surface area contributed by atoms with Gasteiger partial charge in [-0.05, 0) is 38.1 Å². The molecule has 0 bridgehead atoms. The molecule has 3 aromatic rings. The lowest BCUT2D eigenvalue weighted by atomic mass is 9.92. The van der Waals surface area contributed by atoms with E-state index in [1.807, 2.05) is 0 Å². The van der Waals surface area contributed by atoms with E-state index in [1.165, 1.54) is 4.57 Å². The number of benzene rings is 1. The van der Waals surface area contributed by atoms with Crippen molar-refractivity contribution in [3.05, 3.63) is 59.3 Å². The minimum absolute atomic E-state index is 0.127. The van der Waals surface area contributed by atoms with Crippen molar-refractivity contribution in [2.24, 2.45) is 0 Å². The zero-order valence-electron chi connectivity index (χ0n) is 13.5. The standard InChI is InChI=1S/C17H15F4N3O/c1-3-24-14-13(9-4-10(2)22-14)23-15(24)16(25,17(19,20)21)11-5-7-12(18)8-6-11/h4-9,25H,3H2,1-2H3. The molecule has 8 heteroatoms. The van der Waals surface area contributed by atoms with Gasteiger partial charge in [0, 0.05) is 17.8 Å². The van der Waals surface area contributed by atoms with Crippen LogP contribution in [0.3, 0.4) is 0 Å². The minimum Gasteiger partial charge on any atom is -0.370 e. The number of hydrogen-bond donors (Lipinski definition) is 1. The van der Waals surface area contributed by atoms with Crippen molar-refractivity contribution in [1.82, 2.24) is 14.5 Å². The Labute approximate surface area is 140 Å². The van der Waals surface area contributed by atoms with Crippen LogP contribution in [-0.4, -0.2) is 25.8 Å². The van der Waals surface area contributed by atoms with Crippen molar-refractivity contribution in [3.63, 3.8) is 0 Å². The number of nitrogens with zero attached hydrogens (tertiary/aromatic N) is 3. The fourth-order valence-corrected chi connectivity index (χ4v) is 2.78. The normalized spacial score (nSPS) is 14.7. The second-order valence-corrected chi connectivity index (χ2v) is 5.69. The number of rotatable bonds is 3. The lowest BCUT2D eigenvalue weighted by Crippen LogP contribution is -2.45. The Balaban J connectivity index is 2.35. The summed E-state index contributed by atoms with van der Waals surface area (Å²) in [5.41, 5.74) is -2.78. The molecular formula is C17H15F4N3O. The molecule has 0 spiro atoms. The lowest BCUT2D eigenvalue weighted by Gasteiger charge is -2.30. The maximum atomic E-state index is 13.9. The van der Waals surface area contributed by atoms with E-state index in [2.05, 4.69) is 9.97 Å². The van der Waals surface area contributed by atoms with Crippen LogP contribution in [0.1, 0.15) is 24.0 Å². The van der Waals surface area contributed by atoms with Gasteiger partial charge < -0.3 is 9.67 Å². The van der Waals surface area contributed by atoms with E-state index < -0.39 is 29.0 Å².